The fourth-order valence-electron chi connectivity index (χ4n) is 5.01. The first-order valence-electron chi connectivity index (χ1n) is 9.95. The van der Waals surface area contributed by atoms with Crippen LogP contribution in [0.25, 0.3) is 0 Å². The number of rotatable bonds is 6. The predicted octanol–water partition coefficient (Wildman–Crippen LogP) is 4.03. The Balaban J connectivity index is 1.73. The van der Waals surface area contributed by atoms with E-state index in [0.717, 1.165) is 18.8 Å². The van der Waals surface area contributed by atoms with Crippen LogP contribution >= 0.6 is 0 Å². The van der Waals surface area contributed by atoms with Crippen molar-refractivity contribution in [3.05, 3.63) is 35.9 Å². The highest BCUT2D eigenvalue weighted by molar-refractivity contribution is 6.56. The zero-order valence-electron chi connectivity index (χ0n) is 14.9. The van der Waals surface area contributed by atoms with Gasteiger partial charge >= 0.3 is 0 Å². The average Bonchev–Trinajstić information content (AvgIpc) is 3.08. The van der Waals surface area contributed by atoms with Gasteiger partial charge in [-0.15, -0.1) is 0 Å². The second kappa shape index (κ2) is 8.35. The Morgan fingerprint density at radius 2 is 1.96 bits per heavy atom. The fraction of sp³-hybridized carbons (Fsp3) is 0.700. The Morgan fingerprint density at radius 1 is 1.17 bits per heavy atom. The summed E-state index contributed by atoms with van der Waals surface area (Å²) >= 11 is 0. The third kappa shape index (κ3) is 4.00. The third-order valence-corrected chi connectivity index (χ3v) is 6.27. The summed E-state index contributed by atoms with van der Waals surface area (Å²) in [4.78, 5) is 2.90. The fourth-order valence-corrected chi connectivity index (χ4v) is 5.01. The van der Waals surface area contributed by atoms with Gasteiger partial charge in [0.15, 0.2) is 0 Å². The maximum absolute atomic E-state index is 4.61. The zero-order valence-corrected chi connectivity index (χ0v) is 14.9. The molecule has 23 heavy (non-hydrogen) atoms. The number of nitrogens with zero attached hydrogens (tertiary/aromatic N) is 1. The Kier molecular flexibility index (Phi) is 6.18. The summed E-state index contributed by atoms with van der Waals surface area (Å²) < 4.78 is 0. The number of unbranched alkanes of at least 4 members (excludes halogenated alkanes) is 1. The lowest BCUT2D eigenvalue weighted by Crippen LogP contribution is -2.62. The third-order valence-electron chi connectivity index (χ3n) is 6.27. The summed E-state index contributed by atoms with van der Waals surface area (Å²) in [6.07, 6.45) is 12.5. The highest BCUT2D eigenvalue weighted by Crippen LogP contribution is 2.38. The van der Waals surface area contributed by atoms with Crippen molar-refractivity contribution >= 4 is 6.85 Å². The maximum atomic E-state index is 4.61. The van der Waals surface area contributed by atoms with E-state index in [1.54, 1.807) is 0 Å². The van der Waals surface area contributed by atoms with Crippen molar-refractivity contribution in [2.24, 2.45) is 5.92 Å². The van der Waals surface area contributed by atoms with E-state index in [1.165, 1.54) is 69.7 Å². The van der Waals surface area contributed by atoms with E-state index in [1.807, 2.05) is 0 Å². The van der Waals surface area contributed by atoms with Crippen LogP contribution in [0, 0.1) is 5.92 Å². The zero-order chi connectivity index (χ0) is 16.1. The molecule has 0 bridgehead atoms. The standard InChI is InChI=1S/C20H33BN2/c1-2-3-14-21-15-9-16-23(21)19-13-8-7-12-18(19)20(22)17-10-5-4-6-11-17/h4-6,10-11,18-20H,2-3,7-9,12-16,22H2,1H3/q-1/p+1. The van der Waals surface area contributed by atoms with Gasteiger partial charge in [-0.3, -0.25) is 0 Å². The predicted molar refractivity (Wildman–Crippen MR) is 99.4 cm³/mol. The summed E-state index contributed by atoms with van der Waals surface area (Å²) in [6, 6.07) is 12.3. The minimum absolute atomic E-state index is 0.453. The Bertz CT molecular complexity index is 464. The molecule has 1 aromatic carbocycles. The molecule has 1 aliphatic carbocycles. The van der Waals surface area contributed by atoms with Crippen LogP contribution in [0.15, 0.2) is 30.3 Å². The molecule has 0 spiro atoms. The topological polar surface area (TPSA) is 30.9 Å². The molecule has 1 saturated carbocycles. The summed E-state index contributed by atoms with van der Waals surface area (Å²) in [5.41, 5.74) is 6.05. The van der Waals surface area contributed by atoms with Gasteiger partial charge < -0.3 is 10.5 Å². The smallest absolute Gasteiger partial charge is 0.114 e. The Labute approximate surface area is 142 Å². The van der Waals surface area contributed by atoms with Gasteiger partial charge in [-0.1, -0.05) is 76.2 Å². The van der Waals surface area contributed by atoms with Gasteiger partial charge in [0.1, 0.15) is 6.04 Å². The van der Waals surface area contributed by atoms with Crippen LogP contribution in [0.2, 0.25) is 12.6 Å². The van der Waals surface area contributed by atoms with Gasteiger partial charge in [0.2, 0.25) is 0 Å². The molecule has 127 valence electrons. The van der Waals surface area contributed by atoms with Crippen molar-refractivity contribution in [2.45, 2.75) is 76.6 Å². The van der Waals surface area contributed by atoms with Crippen LogP contribution in [0.4, 0.5) is 0 Å². The minimum atomic E-state index is 0.453. The van der Waals surface area contributed by atoms with Crippen LogP contribution in [0.1, 0.15) is 63.5 Å². The minimum Gasteiger partial charge on any atom is -0.503 e. The summed E-state index contributed by atoms with van der Waals surface area (Å²) in [7, 11) is 0. The normalized spacial score (nSPS) is 28.1. The van der Waals surface area contributed by atoms with Crippen molar-refractivity contribution in [1.82, 2.24) is 4.81 Å². The Hall–Kier alpha value is -0.795. The molecule has 1 aliphatic heterocycles. The molecule has 3 unspecified atom stereocenters. The molecule has 1 aromatic rings. The first-order valence-corrected chi connectivity index (χ1v) is 9.95. The van der Waals surface area contributed by atoms with Gasteiger partial charge in [-0.05, 0) is 25.4 Å². The van der Waals surface area contributed by atoms with E-state index in [2.05, 4.69) is 47.8 Å². The van der Waals surface area contributed by atoms with Crippen LogP contribution in [-0.4, -0.2) is 24.2 Å². The number of hydrogen-bond acceptors (Lipinski definition) is 1. The lowest BCUT2D eigenvalue weighted by molar-refractivity contribution is -0.444. The molecule has 2 nitrogen and oxygen atoms in total. The van der Waals surface area contributed by atoms with Crippen molar-refractivity contribution in [1.29, 1.82) is 0 Å². The molecule has 0 amide bonds. The van der Waals surface area contributed by atoms with Crippen LogP contribution in [0.5, 0.6) is 0 Å². The largest absolute Gasteiger partial charge is 0.503 e. The van der Waals surface area contributed by atoms with E-state index in [4.69, 9.17) is 0 Å². The van der Waals surface area contributed by atoms with E-state index in [-0.39, 0.29) is 0 Å². The highest BCUT2D eigenvalue weighted by Gasteiger charge is 2.36. The quantitative estimate of drug-likeness (QED) is 0.790. The number of hydrogen-bond donors (Lipinski definition) is 1. The number of quaternary nitrogens is 1. The van der Waals surface area contributed by atoms with E-state index in [0.29, 0.717) is 6.04 Å². The van der Waals surface area contributed by atoms with Gasteiger partial charge in [0.05, 0.1) is 0 Å². The van der Waals surface area contributed by atoms with Crippen molar-refractivity contribution in [3.8, 4) is 0 Å². The lowest BCUT2D eigenvalue weighted by Gasteiger charge is -2.49. The monoisotopic (exact) mass is 313 g/mol. The summed E-state index contributed by atoms with van der Waals surface area (Å²) in [5.74, 6) is 0.744. The first kappa shape index (κ1) is 17.0. The molecule has 2 aliphatic rings. The van der Waals surface area contributed by atoms with Gasteiger partial charge in [-0.2, -0.15) is 12.6 Å². The van der Waals surface area contributed by atoms with E-state index in [9.17, 15) is 0 Å². The maximum Gasteiger partial charge on any atom is 0.114 e. The first-order chi connectivity index (χ1) is 11.3. The van der Waals surface area contributed by atoms with Crippen LogP contribution < -0.4 is 5.73 Å². The Morgan fingerprint density at radius 3 is 2.74 bits per heavy atom. The van der Waals surface area contributed by atoms with Gasteiger partial charge in [0, 0.05) is 11.5 Å². The molecule has 1 saturated heterocycles. The molecule has 2 fully saturated rings. The van der Waals surface area contributed by atoms with Crippen molar-refractivity contribution < 1.29 is 5.73 Å². The lowest BCUT2D eigenvalue weighted by atomic mass is 9.54. The van der Waals surface area contributed by atoms with Gasteiger partial charge in [-0.25, -0.2) is 0 Å². The molecule has 3 atom stereocenters. The second-order valence-electron chi connectivity index (χ2n) is 7.71. The van der Waals surface area contributed by atoms with Crippen molar-refractivity contribution in [3.63, 3.8) is 0 Å². The molecule has 3 rings (SSSR count). The van der Waals surface area contributed by atoms with E-state index >= 15 is 0 Å². The van der Waals surface area contributed by atoms with Gasteiger partial charge in [0.25, 0.3) is 0 Å². The molecule has 3 heteroatoms. The summed E-state index contributed by atoms with van der Waals surface area (Å²) in [5, 5.41) is 0. The molecule has 0 aromatic heterocycles. The van der Waals surface area contributed by atoms with E-state index < -0.39 is 0 Å². The van der Waals surface area contributed by atoms with Crippen LogP contribution in [-0.2, 0) is 0 Å². The van der Waals surface area contributed by atoms with Crippen molar-refractivity contribution in [2.75, 3.05) is 6.54 Å². The highest BCUT2D eigenvalue weighted by atomic mass is 15.1. The molecular weight excluding hydrogens is 279 g/mol. The molecule has 3 N–H and O–H groups in total. The molecule has 1 radical (unpaired) electrons. The molecule has 1 heterocycles. The van der Waals surface area contributed by atoms with Crippen LogP contribution in [0.3, 0.4) is 0 Å². The molecular formula is C20H34BN2. The second-order valence-corrected chi connectivity index (χ2v) is 7.71. The number of benzene rings is 1. The average molecular weight is 313 g/mol. The SMILES string of the molecule is CCCC[B-]1CCCN1C1CCCCC1C([NH3+])c1ccccc1. The summed E-state index contributed by atoms with van der Waals surface area (Å²) in [6.45, 7) is 4.50.